The van der Waals surface area contributed by atoms with Crippen molar-refractivity contribution in [2.24, 2.45) is 0 Å². The maximum atomic E-state index is 13.0. The van der Waals surface area contributed by atoms with Crippen LogP contribution in [0.5, 0.6) is 5.75 Å². The summed E-state index contributed by atoms with van der Waals surface area (Å²) in [4.78, 5) is 10.8. The Morgan fingerprint density at radius 3 is 1.88 bits per heavy atom. The van der Waals surface area contributed by atoms with Gasteiger partial charge in [0.1, 0.15) is 12.4 Å². The van der Waals surface area contributed by atoms with Crippen LogP contribution in [0.2, 0.25) is 0 Å². The second kappa shape index (κ2) is 8.86. The van der Waals surface area contributed by atoms with E-state index in [4.69, 9.17) is 11.2 Å². The first-order valence-electron chi connectivity index (χ1n) is 9.15. The number of alkyl halides is 6. The summed E-state index contributed by atoms with van der Waals surface area (Å²) in [6.45, 7) is -0.620. The molecule has 0 radical (unpaired) electrons. The van der Waals surface area contributed by atoms with Crippen LogP contribution in [-0.2, 0) is 19.0 Å². The van der Waals surface area contributed by atoms with Gasteiger partial charge >= 0.3 is 12.4 Å². The molecule has 0 aliphatic carbocycles. The smallest absolute Gasteiger partial charge is 0.416 e. The maximum Gasteiger partial charge on any atom is 0.416 e. The first-order chi connectivity index (χ1) is 15.4. The number of nitro benzene ring substituents is 1. The van der Waals surface area contributed by atoms with Crippen molar-refractivity contribution in [3.63, 3.8) is 0 Å². The molecule has 0 fully saturated rings. The van der Waals surface area contributed by atoms with Crippen molar-refractivity contribution in [1.82, 2.24) is 0 Å². The van der Waals surface area contributed by atoms with Crippen LogP contribution in [0.3, 0.4) is 0 Å². The number of nitrogens with zero attached hydrogens (tertiary/aromatic N) is 1. The van der Waals surface area contributed by atoms with Gasteiger partial charge in [-0.2, -0.15) is 26.3 Å². The molecule has 0 saturated carbocycles. The minimum absolute atomic E-state index is 0.0322. The van der Waals surface area contributed by atoms with Crippen LogP contribution in [0.15, 0.2) is 60.7 Å². The van der Waals surface area contributed by atoms with Crippen molar-refractivity contribution in [2.45, 2.75) is 19.0 Å². The average molecular weight is 465 g/mol. The van der Waals surface area contributed by atoms with E-state index in [-0.39, 0.29) is 11.6 Å². The van der Waals surface area contributed by atoms with Gasteiger partial charge in [-0.05, 0) is 47.5 Å². The van der Waals surface area contributed by atoms with Gasteiger partial charge in [0.05, 0.1) is 21.6 Å². The Hall–Kier alpha value is -4.00. The Bertz CT molecular complexity index is 1190. The van der Waals surface area contributed by atoms with Gasteiger partial charge in [-0.15, -0.1) is 6.42 Å². The molecule has 0 heterocycles. The SMILES string of the molecule is C#Cc1ccc(-c2ccc(COc3cc(C(F)(F)F)cc(C(F)(F)F)c3)c([N+](=O)[O-])c2)cc1. The van der Waals surface area contributed by atoms with E-state index in [1.807, 2.05) is 0 Å². The van der Waals surface area contributed by atoms with Crippen LogP contribution in [0, 0.1) is 22.5 Å². The van der Waals surface area contributed by atoms with E-state index in [2.05, 4.69) is 5.92 Å². The normalized spacial score (nSPS) is 11.7. The van der Waals surface area contributed by atoms with E-state index >= 15 is 0 Å². The fourth-order valence-corrected chi connectivity index (χ4v) is 2.97. The lowest BCUT2D eigenvalue weighted by Gasteiger charge is -2.15. The molecule has 0 saturated heterocycles. The van der Waals surface area contributed by atoms with Gasteiger partial charge in [-0.3, -0.25) is 10.1 Å². The molecule has 170 valence electrons. The molecule has 0 aliphatic rings. The molecule has 3 aromatic rings. The topological polar surface area (TPSA) is 52.4 Å². The van der Waals surface area contributed by atoms with Crippen LogP contribution in [0.4, 0.5) is 32.0 Å². The highest BCUT2D eigenvalue weighted by atomic mass is 19.4. The highest BCUT2D eigenvalue weighted by molar-refractivity contribution is 5.68. The lowest BCUT2D eigenvalue weighted by molar-refractivity contribution is -0.385. The third-order valence-corrected chi connectivity index (χ3v) is 4.62. The third-order valence-electron chi connectivity index (χ3n) is 4.62. The molecule has 33 heavy (non-hydrogen) atoms. The van der Waals surface area contributed by atoms with Crippen molar-refractivity contribution in [3.8, 4) is 29.2 Å². The standard InChI is InChI=1S/C23H13F6NO3/c1-2-14-3-5-15(6-4-14)16-7-8-17(21(9-16)30(31)32)13-33-20-11-18(22(24,25)26)10-19(12-20)23(27,28)29/h1,3-12H,13H2. The molecule has 0 unspecified atom stereocenters. The minimum Gasteiger partial charge on any atom is -0.489 e. The summed E-state index contributed by atoms with van der Waals surface area (Å²) < 4.78 is 83.1. The molecule has 3 rings (SSSR count). The molecule has 0 N–H and O–H groups in total. The lowest BCUT2D eigenvalue weighted by Crippen LogP contribution is -2.11. The van der Waals surface area contributed by atoms with Crippen molar-refractivity contribution >= 4 is 5.69 Å². The molecule has 0 aliphatic heterocycles. The van der Waals surface area contributed by atoms with E-state index in [0.29, 0.717) is 28.8 Å². The van der Waals surface area contributed by atoms with Crippen molar-refractivity contribution in [2.75, 3.05) is 0 Å². The Kier molecular flexibility index (Phi) is 6.35. The second-order valence-electron chi connectivity index (χ2n) is 6.85. The van der Waals surface area contributed by atoms with Gasteiger partial charge < -0.3 is 4.74 Å². The number of hydrogen-bond acceptors (Lipinski definition) is 3. The summed E-state index contributed by atoms with van der Waals surface area (Å²) in [7, 11) is 0. The van der Waals surface area contributed by atoms with Gasteiger partial charge in [0.25, 0.3) is 5.69 Å². The maximum absolute atomic E-state index is 13.0. The summed E-state index contributed by atoms with van der Waals surface area (Å²) in [6, 6.07) is 11.5. The van der Waals surface area contributed by atoms with E-state index in [1.165, 1.54) is 18.2 Å². The van der Waals surface area contributed by atoms with Gasteiger partial charge in [-0.1, -0.05) is 24.1 Å². The van der Waals surface area contributed by atoms with Crippen LogP contribution in [0.1, 0.15) is 22.3 Å². The first kappa shape index (κ1) is 23.7. The van der Waals surface area contributed by atoms with Crippen LogP contribution < -0.4 is 4.74 Å². The number of ether oxygens (including phenoxy) is 1. The molecule has 0 amide bonds. The zero-order valence-corrected chi connectivity index (χ0v) is 16.5. The zero-order valence-electron chi connectivity index (χ0n) is 16.5. The van der Waals surface area contributed by atoms with Crippen LogP contribution >= 0.6 is 0 Å². The fraction of sp³-hybridized carbons (Fsp3) is 0.130. The predicted octanol–water partition coefficient (Wildman–Crippen LogP) is 6.86. The van der Waals surface area contributed by atoms with Gasteiger partial charge in [0, 0.05) is 11.6 Å². The number of terminal acetylenes is 1. The molecule has 10 heteroatoms. The zero-order chi connectivity index (χ0) is 24.4. The van der Waals surface area contributed by atoms with Gasteiger partial charge in [0.2, 0.25) is 0 Å². The monoisotopic (exact) mass is 465 g/mol. The summed E-state index contributed by atoms with van der Waals surface area (Å²) in [6.07, 6.45) is -4.79. The molecule has 0 atom stereocenters. The molecule has 0 spiro atoms. The van der Waals surface area contributed by atoms with Crippen LogP contribution in [0.25, 0.3) is 11.1 Å². The quantitative estimate of drug-likeness (QED) is 0.179. The highest BCUT2D eigenvalue weighted by Gasteiger charge is 2.37. The molecule has 4 nitrogen and oxygen atoms in total. The minimum atomic E-state index is -5.04. The van der Waals surface area contributed by atoms with E-state index in [0.717, 1.165) is 0 Å². The van der Waals surface area contributed by atoms with Crippen molar-refractivity contribution in [1.29, 1.82) is 0 Å². The molecular weight excluding hydrogens is 452 g/mol. The number of halogens is 6. The molecule has 0 aromatic heterocycles. The molecular formula is C23H13F6NO3. The largest absolute Gasteiger partial charge is 0.489 e. The summed E-state index contributed by atoms with van der Waals surface area (Å²) in [5.74, 6) is 1.72. The first-order valence-corrected chi connectivity index (χ1v) is 9.15. The molecule has 3 aromatic carbocycles. The number of nitro groups is 1. The highest BCUT2D eigenvalue weighted by Crippen LogP contribution is 2.38. The Labute approximate surface area is 183 Å². The van der Waals surface area contributed by atoms with Crippen LogP contribution in [-0.4, -0.2) is 4.92 Å². The Morgan fingerprint density at radius 1 is 0.848 bits per heavy atom. The third kappa shape index (κ3) is 5.63. The average Bonchev–Trinajstić information content (AvgIpc) is 2.76. The Balaban J connectivity index is 1.92. The number of hydrogen-bond donors (Lipinski definition) is 0. The van der Waals surface area contributed by atoms with Crippen molar-refractivity contribution in [3.05, 3.63) is 93.0 Å². The van der Waals surface area contributed by atoms with Gasteiger partial charge in [-0.25, -0.2) is 0 Å². The number of benzene rings is 3. The lowest BCUT2D eigenvalue weighted by atomic mass is 10.0. The summed E-state index contributed by atoms with van der Waals surface area (Å²) in [5.41, 5.74) is -1.84. The second-order valence-corrected chi connectivity index (χ2v) is 6.85. The van der Waals surface area contributed by atoms with E-state index in [9.17, 15) is 36.5 Å². The summed E-state index contributed by atoms with van der Waals surface area (Å²) in [5, 5.41) is 11.5. The van der Waals surface area contributed by atoms with E-state index in [1.54, 1.807) is 24.3 Å². The summed E-state index contributed by atoms with van der Waals surface area (Å²) >= 11 is 0. The molecule has 0 bridgehead atoms. The number of rotatable bonds is 5. The predicted molar refractivity (Wildman–Crippen MR) is 107 cm³/mol. The van der Waals surface area contributed by atoms with Gasteiger partial charge in [0.15, 0.2) is 0 Å². The van der Waals surface area contributed by atoms with Crippen molar-refractivity contribution < 1.29 is 36.0 Å². The Morgan fingerprint density at radius 2 is 1.39 bits per heavy atom. The van der Waals surface area contributed by atoms with E-state index < -0.39 is 46.4 Å². The fourth-order valence-electron chi connectivity index (χ4n) is 2.97.